The van der Waals surface area contributed by atoms with Crippen LogP contribution >= 0.6 is 0 Å². The zero-order chi connectivity index (χ0) is 13.2. The Morgan fingerprint density at radius 1 is 1.67 bits per heavy atom. The van der Waals surface area contributed by atoms with Crippen molar-refractivity contribution in [3.05, 3.63) is 17.5 Å². The van der Waals surface area contributed by atoms with Crippen molar-refractivity contribution in [3.8, 4) is 0 Å². The summed E-state index contributed by atoms with van der Waals surface area (Å²) < 4.78 is 5.15. The van der Waals surface area contributed by atoms with Crippen LogP contribution in [0.15, 0.2) is 10.6 Å². The van der Waals surface area contributed by atoms with Gasteiger partial charge in [-0.25, -0.2) is 5.84 Å². The van der Waals surface area contributed by atoms with Gasteiger partial charge in [-0.2, -0.15) is 0 Å². The molecule has 3 N–H and O–H groups in total. The van der Waals surface area contributed by atoms with Gasteiger partial charge in [0, 0.05) is 12.6 Å². The van der Waals surface area contributed by atoms with E-state index in [-0.39, 0.29) is 5.69 Å². The maximum atomic E-state index is 11.2. The predicted molar refractivity (Wildman–Crippen MR) is 66.4 cm³/mol. The Bertz CT molecular complexity index is 427. The minimum Gasteiger partial charge on any atom is -0.359 e. The van der Waals surface area contributed by atoms with Crippen molar-refractivity contribution in [2.75, 3.05) is 13.1 Å². The lowest BCUT2D eigenvalue weighted by Crippen LogP contribution is -2.39. The van der Waals surface area contributed by atoms with Gasteiger partial charge in [-0.1, -0.05) is 19.0 Å². The summed E-state index contributed by atoms with van der Waals surface area (Å²) in [6.45, 7) is 7.32. The quantitative estimate of drug-likeness (QED) is 0.474. The number of rotatable bonds is 3. The summed E-state index contributed by atoms with van der Waals surface area (Å²) in [6, 6.07) is 1.64. The number of piperidine rings is 1. The average molecular weight is 252 g/mol. The summed E-state index contributed by atoms with van der Waals surface area (Å²) in [5, 5.41) is 3.70. The molecule has 2 rings (SSSR count). The predicted octanol–water partition coefficient (Wildman–Crippen LogP) is 0.900. The number of nitrogens with two attached hydrogens (primary N) is 1. The number of hydrogen-bond donors (Lipinski definition) is 2. The molecule has 0 atom stereocenters. The lowest BCUT2D eigenvalue weighted by Gasteiger charge is -2.37. The zero-order valence-corrected chi connectivity index (χ0v) is 10.9. The van der Waals surface area contributed by atoms with E-state index in [2.05, 4.69) is 23.9 Å². The number of nitrogens with zero attached hydrogens (tertiary/aromatic N) is 2. The molecule has 2 heterocycles. The number of nitrogen functional groups attached to an aromatic ring is 1. The summed E-state index contributed by atoms with van der Waals surface area (Å²) in [6.07, 6.45) is 2.44. The molecule has 0 radical (unpaired) electrons. The standard InChI is InChI=1S/C12H20N4O2/c1-12(2)4-3-5-16(8-12)7-9-6-10(15-18-9)11(17)14-13/h6H,3-5,7-8,13H2,1-2H3,(H,14,17). The van der Waals surface area contributed by atoms with E-state index in [1.54, 1.807) is 6.07 Å². The molecule has 0 unspecified atom stereocenters. The number of carbonyl (C=O) groups is 1. The van der Waals surface area contributed by atoms with E-state index >= 15 is 0 Å². The van der Waals surface area contributed by atoms with Crippen LogP contribution in [0.2, 0.25) is 0 Å². The molecule has 1 saturated heterocycles. The lowest BCUT2D eigenvalue weighted by molar-refractivity contribution is 0.0943. The number of likely N-dealkylation sites (tertiary alicyclic amines) is 1. The van der Waals surface area contributed by atoms with Gasteiger partial charge in [-0.3, -0.25) is 15.1 Å². The van der Waals surface area contributed by atoms with Crippen LogP contribution in [0.5, 0.6) is 0 Å². The van der Waals surface area contributed by atoms with Crippen molar-refractivity contribution < 1.29 is 9.32 Å². The lowest BCUT2D eigenvalue weighted by atomic mass is 9.84. The van der Waals surface area contributed by atoms with Gasteiger partial charge in [-0.05, 0) is 24.8 Å². The van der Waals surface area contributed by atoms with E-state index in [0.29, 0.717) is 17.7 Å². The molecule has 0 spiro atoms. The second-order valence-electron chi connectivity index (χ2n) is 5.63. The normalized spacial score (nSPS) is 19.7. The largest absolute Gasteiger partial charge is 0.359 e. The van der Waals surface area contributed by atoms with E-state index in [1.807, 2.05) is 5.43 Å². The fraction of sp³-hybridized carbons (Fsp3) is 0.667. The van der Waals surface area contributed by atoms with Crippen molar-refractivity contribution in [1.29, 1.82) is 0 Å². The first-order valence-electron chi connectivity index (χ1n) is 6.19. The Hall–Kier alpha value is -1.40. The molecule has 1 fully saturated rings. The molecule has 100 valence electrons. The Morgan fingerprint density at radius 3 is 3.11 bits per heavy atom. The van der Waals surface area contributed by atoms with Gasteiger partial charge in [0.2, 0.25) is 0 Å². The van der Waals surface area contributed by atoms with Crippen molar-refractivity contribution in [1.82, 2.24) is 15.5 Å². The third-order valence-corrected chi connectivity index (χ3v) is 3.28. The Balaban J connectivity index is 1.97. The minimum absolute atomic E-state index is 0.226. The topological polar surface area (TPSA) is 84.4 Å². The number of carbonyl (C=O) groups excluding carboxylic acids is 1. The fourth-order valence-electron chi connectivity index (χ4n) is 2.47. The molecular formula is C12H20N4O2. The molecule has 1 aromatic heterocycles. The Kier molecular flexibility index (Phi) is 3.68. The highest BCUT2D eigenvalue weighted by Crippen LogP contribution is 2.29. The van der Waals surface area contributed by atoms with Gasteiger partial charge in [-0.15, -0.1) is 0 Å². The number of aromatic nitrogens is 1. The number of hydrogen-bond acceptors (Lipinski definition) is 5. The molecule has 0 saturated carbocycles. The van der Waals surface area contributed by atoms with Gasteiger partial charge >= 0.3 is 0 Å². The third kappa shape index (κ3) is 3.08. The highest BCUT2D eigenvalue weighted by molar-refractivity contribution is 5.91. The van der Waals surface area contributed by atoms with Gasteiger partial charge in [0.25, 0.3) is 5.91 Å². The highest BCUT2D eigenvalue weighted by Gasteiger charge is 2.27. The van der Waals surface area contributed by atoms with E-state index in [0.717, 1.165) is 13.1 Å². The van der Waals surface area contributed by atoms with E-state index in [4.69, 9.17) is 10.4 Å². The molecule has 1 aliphatic rings. The van der Waals surface area contributed by atoms with E-state index in [1.165, 1.54) is 12.8 Å². The summed E-state index contributed by atoms with van der Waals surface area (Å²) in [7, 11) is 0. The molecule has 6 nitrogen and oxygen atoms in total. The van der Waals surface area contributed by atoms with Crippen LogP contribution in [0.3, 0.4) is 0 Å². The first-order chi connectivity index (χ1) is 8.50. The maximum absolute atomic E-state index is 11.2. The molecule has 1 aromatic rings. The minimum atomic E-state index is -0.427. The van der Waals surface area contributed by atoms with Crippen LogP contribution in [0.4, 0.5) is 0 Å². The maximum Gasteiger partial charge on any atom is 0.287 e. The van der Waals surface area contributed by atoms with Crippen LogP contribution in [-0.4, -0.2) is 29.1 Å². The number of nitrogens with one attached hydrogen (secondary N) is 1. The van der Waals surface area contributed by atoms with Crippen molar-refractivity contribution >= 4 is 5.91 Å². The van der Waals surface area contributed by atoms with Gasteiger partial charge in [0.05, 0.1) is 6.54 Å². The second kappa shape index (κ2) is 5.07. The zero-order valence-electron chi connectivity index (χ0n) is 10.9. The van der Waals surface area contributed by atoms with Crippen LogP contribution in [0.1, 0.15) is 42.9 Å². The number of amides is 1. The molecule has 18 heavy (non-hydrogen) atoms. The summed E-state index contributed by atoms with van der Waals surface area (Å²) in [4.78, 5) is 13.6. The van der Waals surface area contributed by atoms with Crippen molar-refractivity contribution in [2.45, 2.75) is 33.2 Å². The second-order valence-corrected chi connectivity index (χ2v) is 5.63. The van der Waals surface area contributed by atoms with Crippen molar-refractivity contribution in [3.63, 3.8) is 0 Å². The molecule has 1 amide bonds. The fourth-order valence-corrected chi connectivity index (χ4v) is 2.47. The Labute approximate surface area is 106 Å². The van der Waals surface area contributed by atoms with E-state index < -0.39 is 5.91 Å². The smallest absolute Gasteiger partial charge is 0.287 e. The van der Waals surface area contributed by atoms with E-state index in [9.17, 15) is 4.79 Å². The van der Waals surface area contributed by atoms with Crippen LogP contribution < -0.4 is 11.3 Å². The number of hydrazine groups is 1. The monoisotopic (exact) mass is 252 g/mol. The molecule has 0 bridgehead atoms. The summed E-state index contributed by atoms with van der Waals surface area (Å²) in [5.41, 5.74) is 2.60. The first-order valence-corrected chi connectivity index (χ1v) is 6.19. The third-order valence-electron chi connectivity index (χ3n) is 3.28. The Morgan fingerprint density at radius 2 is 2.44 bits per heavy atom. The highest BCUT2D eigenvalue weighted by atomic mass is 16.5. The molecule has 0 aliphatic carbocycles. The van der Waals surface area contributed by atoms with Gasteiger partial charge in [0.1, 0.15) is 0 Å². The van der Waals surface area contributed by atoms with Gasteiger partial charge in [0.15, 0.2) is 11.5 Å². The molecule has 0 aromatic carbocycles. The molecule has 1 aliphatic heterocycles. The molecule has 6 heteroatoms. The van der Waals surface area contributed by atoms with Crippen LogP contribution in [-0.2, 0) is 6.54 Å². The average Bonchev–Trinajstić information content (AvgIpc) is 2.75. The molecular weight excluding hydrogens is 232 g/mol. The SMILES string of the molecule is CC1(C)CCCN(Cc2cc(C(=O)NN)no2)C1. The summed E-state index contributed by atoms with van der Waals surface area (Å²) >= 11 is 0. The van der Waals surface area contributed by atoms with Crippen LogP contribution in [0, 0.1) is 5.41 Å². The van der Waals surface area contributed by atoms with Crippen LogP contribution in [0.25, 0.3) is 0 Å². The first kappa shape index (κ1) is 13.0. The van der Waals surface area contributed by atoms with Gasteiger partial charge < -0.3 is 4.52 Å². The van der Waals surface area contributed by atoms with Crippen molar-refractivity contribution in [2.24, 2.45) is 11.3 Å². The summed E-state index contributed by atoms with van der Waals surface area (Å²) in [5.74, 6) is 5.31.